The predicted molar refractivity (Wildman–Crippen MR) is 89.8 cm³/mol. The number of nitrogens with one attached hydrogen (secondary N) is 1. The van der Waals surface area contributed by atoms with Gasteiger partial charge in [0.25, 0.3) is 5.91 Å². The Balaban J connectivity index is 1.78. The monoisotopic (exact) mass is 340 g/mol. The van der Waals surface area contributed by atoms with E-state index in [2.05, 4.69) is 10.3 Å². The highest BCUT2D eigenvalue weighted by atomic mass is 32.1. The molecular weight excluding hydrogens is 320 g/mol. The first kappa shape index (κ1) is 17.1. The second-order valence-electron chi connectivity index (χ2n) is 4.66. The molecule has 0 radical (unpaired) electrons. The molecule has 0 aliphatic heterocycles. The fourth-order valence-electron chi connectivity index (χ4n) is 1.82. The van der Waals surface area contributed by atoms with Crippen LogP contribution in [0.5, 0.6) is 0 Å². The molecule has 1 amide bonds. The molecule has 0 saturated heterocycles. The third-order valence-corrected chi connectivity index (χ3v) is 4.84. The summed E-state index contributed by atoms with van der Waals surface area (Å²) in [5, 5.41) is 7.86. The number of methoxy groups -OCH3 is 1. The number of carbonyl (C=O) groups is 1. The van der Waals surface area contributed by atoms with E-state index in [4.69, 9.17) is 9.47 Å². The largest absolute Gasteiger partial charge is 0.382 e. The minimum absolute atomic E-state index is 0.0617. The molecule has 0 fully saturated rings. The van der Waals surface area contributed by atoms with Gasteiger partial charge in [-0.1, -0.05) is 0 Å². The van der Waals surface area contributed by atoms with Crippen LogP contribution in [-0.2, 0) is 9.47 Å². The first-order chi connectivity index (χ1) is 10.7. The number of rotatable bonds is 9. The van der Waals surface area contributed by atoms with Gasteiger partial charge in [-0.15, -0.1) is 11.3 Å². The fourth-order valence-corrected chi connectivity index (χ4v) is 3.51. The normalized spacial score (nSPS) is 10.8. The Hall–Kier alpha value is -1.28. The lowest BCUT2D eigenvalue weighted by molar-refractivity contribution is 0.0688. The molecule has 2 aromatic rings. The summed E-state index contributed by atoms with van der Waals surface area (Å²) in [6.45, 7) is 4.26. The molecule has 22 heavy (non-hydrogen) atoms. The Labute approximate surface area is 138 Å². The van der Waals surface area contributed by atoms with Crippen LogP contribution in [0.2, 0.25) is 0 Å². The van der Waals surface area contributed by atoms with Gasteiger partial charge in [0.2, 0.25) is 0 Å². The maximum atomic E-state index is 12.2. The number of thiazole rings is 1. The highest BCUT2D eigenvalue weighted by Gasteiger charge is 2.15. The van der Waals surface area contributed by atoms with Crippen LogP contribution in [-0.4, -0.2) is 44.4 Å². The molecular formula is C15H20N2O3S2. The van der Waals surface area contributed by atoms with Crippen molar-refractivity contribution in [3.05, 3.63) is 27.4 Å². The lowest BCUT2D eigenvalue weighted by Gasteiger charge is -2.05. The molecule has 2 aromatic heterocycles. The van der Waals surface area contributed by atoms with Gasteiger partial charge in [0.05, 0.1) is 18.9 Å². The Morgan fingerprint density at radius 2 is 2.23 bits per heavy atom. The molecule has 2 rings (SSSR count). The Bertz CT molecular complexity index is 582. The zero-order valence-corrected chi connectivity index (χ0v) is 14.4. The summed E-state index contributed by atoms with van der Waals surface area (Å²) in [5.41, 5.74) is 1.85. The lowest BCUT2D eigenvalue weighted by atomic mass is 10.3. The number of thiophene rings is 1. The summed E-state index contributed by atoms with van der Waals surface area (Å²) < 4.78 is 10.2. The van der Waals surface area contributed by atoms with Gasteiger partial charge in [-0.2, -0.15) is 11.3 Å². The highest BCUT2D eigenvalue weighted by molar-refractivity contribution is 7.17. The van der Waals surface area contributed by atoms with Gasteiger partial charge in [0.15, 0.2) is 0 Å². The van der Waals surface area contributed by atoms with Crippen LogP contribution >= 0.6 is 22.7 Å². The summed E-state index contributed by atoms with van der Waals surface area (Å²) in [7, 11) is 1.64. The first-order valence-electron chi connectivity index (χ1n) is 7.07. The van der Waals surface area contributed by atoms with Crippen molar-refractivity contribution >= 4 is 28.6 Å². The molecule has 0 aromatic carbocycles. The fraction of sp³-hybridized carbons (Fsp3) is 0.467. The molecule has 0 bridgehead atoms. The number of ether oxygens (including phenoxy) is 2. The van der Waals surface area contributed by atoms with Crippen molar-refractivity contribution in [1.29, 1.82) is 0 Å². The van der Waals surface area contributed by atoms with Crippen molar-refractivity contribution in [2.24, 2.45) is 0 Å². The maximum absolute atomic E-state index is 12.2. The topological polar surface area (TPSA) is 60.5 Å². The highest BCUT2D eigenvalue weighted by Crippen LogP contribution is 2.29. The van der Waals surface area contributed by atoms with E-state index < -0.39 is 0 Å². The number of hydrogen-bond acceptors (Lipinski definition) is 6. The average molecular weight is 340 g/mol. The van der Waals surface area contributed by atoms with E-state index in [1.807, 2.05) is 23.8 Å². The van der Waals surface area contributed by atoms with Crippen LogP contribution in [0.25, 0.3) is 10.6 Å². The van der Waals surface area contributed by atoms with Crippen molar-refractivity contribution in [2.75, 3.05) is 33.5 Å². The van der Waals surface area contributed by atoms with Crippen LogP contribution in [0.3, 0.4) is 0 Å². The van der Waals surface area contributed by atoms with Crippen molar-refractivity contribution in [2.45, 2.75) is 13.3 Å². The van der Waals surface area contributed by atoms with Crippen molar-refractivity contribution in [1.82, 2.24) is 10.3 Å². The zero-order chi connectivity index (χ0) is 15.8. The van der Waals surface area contributed by atoms with E-state index in [0.29, 0.717) is 31.2 Å². The van der Waals surface area contributed by atoms with Gasteiger partial charge in [-0.3, -0.25) is 4.79 Å². The van der Waals surface area contributed by atoms with Gasteiger partial charge in [0.1, 0.15) is 9.88 Å². The first-order valence-corrected chi connectivity index (χ1v) is 8.83. The maximum Gasteiger partial charge on any atom is 0.263 e. The average Bonchev–Trinajstić information content (AvgIpc) is 3.15. The summed E-state index contributed by atoms with van der Waals surface area (Å²) >= 11 is 3.06. The van der Waals surface area contributed by atoms with E-state index in [-0.39, 0.29) is 5.91 Å². The standard InChI is InChI=1S/C15H20N2O3S2/c1-11-13(22-15(17-11)12-4-9-21-10-12)14(18)16-5-3-6-20-8-7-19-2/h4,9-10H,3,5-8H2,1-2H3,(H,16,18). The smallest absolute Gasteiger partial charge is 0.263 e. The Morgan fingerprint density at radius 1 is 1.36 bits per heavy atom. The minimum Gasteiger partial charge on any atom is -0.382 e. The van der Waals surface area contributed by atoms with Gasteiger partial charge in [-0.05, 0) is 24.8 Å². The van der Waals surface area contributed by atoms with Crippen LogP contribution in [0.15, 0.2) is 16.8 Å². The Morgan fingerprint density at radius 3 is 2.95 bits per heavy atom. The molecule has 2 heterocycles. The summed E-state index contributed by atoms with van der Waals surface area (Å²) in [5.74, 6) is -0.0617. The minimum atomic E-state index is -0.0617. The molecule has 120 valence electrons. The third-order valence-electron chi connectivity index (χ3n) is 2.95. The zero-order valence-electron chi connectivity index (χ0n) is 12.8. The van der Waals surface area contributed by atoms with Gasteiger partial charge in [0, 0.05) is 31.2 Å². The molecule has 0 spiro atoms. The molecule has 5 nitrogen and oxygen atoms in total. The number of aryl methyl sites for hydroxylation is 1. The van der Waals surface area contributed by atoms with Gasteiger partial charge < -0.3 is 14.8 Å². The van der Waals surface area contributed by atoms with Crippen LogP contribution in [0.1, 0.15) is 21.8 Å². The Kier molecular flexibility index (Phi) is 6.98. The van der Waals surface area contributed by atoms with Gasteiger partial charge in [-0.25, -0.2) is 4.98 Å². The van der Waals surface area contributed by atoms with E-state index >= 15 is 0 Å². The molecule has 0 atom stereocenters. The van der Waals surface area contributed by atoms with Crippen LogP contribution in [0, 0.1) is 6.92 Å². The number of amides is 1. The third kappa shape index (κ3) is 4.88. The molecule has 0 unspecified atom stereocenters. The van der Waals surface area contributed by atoms with Crippen LogP contribution < -0.4 is 5.32 Å². The predicted octanol–water partition coefficient (Wildman–Crippen LogP) is 2.96. The number of hydrogen-bond donors (Lipinski definition) is 1. The van der Waals surface area contributed by atoms with Crippen molar-refractivity contribution < 1.29 is 14.3 Å². The summed E-state index contributed by atoms with van der Waals surface area (Å²) in [4.78, 5) is 17.3. The van der Waals surface area contributed by atoms with E-state index in [9.17, 15) is 4.79 Å². The second kappa shape index (κ2) is 8.99. The molecule has 0 saturated carbocycles. The van der Waals surface area contributed by atoms with Crippen molar-refractivity contribution in [3.8, 4) is 10.6 Å². The quantitative estimate of drug-likeness (QED) is 0.713. The lowest BCUT2D eigenvalue weighted by Crippen LogP contribution is -2.25. The number of aromatic nitrogens is 1. The number of nitrogens with zero attached hydrogens (tertiary/aromatic N) is 1. The SMILES string of the molecule is COCCOCCCNC(=O)c1sc(-c2ccsc2)nc1C. The summed E-state index contributed by atoms with van der Waals surface area (Å²) in [6, 6.07) is 2.02. The summed E-state index contributed by atoms with van der Waals surface area (Å²) in [6.07, 6.45) is 0.782. The molecule has 7 heteroatoms. The van der Waals surface area contributed by atoms with E-state index in [0.717, 1.165) is 22.7 Å². The number of carbonyl (C=O) groups excluding carboxylic acids is 1. The van der Waals surface area contributed by atoms with Gasteiger partial charge >= 0.3 is 0 Å². The second-order valence-corrected chi connectivity index (χ2v) is 6.44. The molecule has 0 aliphatic rings. The molecule has 0 aliphatic carbocycles. The van der Waals surface area contributed by atoms with Crippen molar-refractivity contribution in [3.63, 3.8) is 0 Å². The molecule has 1 N–H and O–H groups in total. The van der Waals surface area contributed by atoms with Crippen LogP contribution in [0.4, 0.5) is 0 Å². The van der Waals surface area contributed by atoms with E-state index in [1.54, 1.807) is 18.4 Å². The van der Waals surface area contributed by atoms with E-state index in [1.165, 1.54) is 11.3 Å².